The zero-order valence-electron chi connectivity index (χ0n) is 14.6. The van der Waals surface area contributed by atoms with E-state index in [-0.39, 0.29) is 5.56 Å². The molecule has 1 aromatic heterocycles. The first-order chi connectivity index (χ1) is 12.1. The Labute approximate surface area is 147 Å². The second-order valence-corrected chi connectivity index (χ2v) is 7.19. The molecule has 4 rings (SSSR count). The van der Waals surface area contributed by atoms with Gasteiger partial charge in [-0.1, -0.05) is 30.3 Å². The molecule has 2 aliphatic rings. The standard InChI is InChI=1S/C19H24N4O2/c1-22-17(24)15(14-5-3-2-4-6-14)16(20)21-18(22)23-10-7-19(8-11-23)9-12-25-13-19/h2-6H,7-13,20H2,1H3. The normalized spacial score (nSPS) is 19.5. The van der Waals surface area contributed by atoms with Gasteiger partial charge in [0.25, 0.3) is 5.56 Å². The van der Waals surface area contributed by atoms with Crippen LogP contribution in [-0.4, -0.2) is 35.9 Å². The van der Waals surface area contributed by atoms with Crippen molar-refractivity contribution in [3.63, 3.8) is 0 Å². The Kier molecular flexibility index (Phi) is 4.00. The Morgan fingerprint density at radius 1 is 1.16 bits per heavy atom. The molecule has 6 nitrogen and oxygen atoms in total. The van der Waals surface area contributed by atoms with Crippen LogP contribution >= 0.6 is 0 Å². The molecule has 6 heteroatoms. The molecule has 0 unspecified atom stereocenters. The van der Waals surface area contributed by atoms with Gasteiger partial charge >= 0.3 is 0 Å². The van der Waals surface area contributed by atoms with E-state index < -0.39 is 0 Å². The first-order valence-electron chi connectivity index (χ1n) is 8.84. The van der Waals surface area contributed by atoms with Gasteiger partial charge in [-0.05, 0) is 30.2 Å². The molecule has 0 bridgehead atoms. The number of benzene rings is 1. The number of rotatable bonds is 2. The van der Waals surface area contributed by atoms with E-state index in [2.05, 4.69) is 9.88 Å². The highest BCUT2D eigenvalue weighted by atomic mass is 16.5. The Morgan fingerprint density at radius 3 is 2.52 bits per heavy atom. The first kappa shape index (κ1) is 16.1. The van der Waals surface area contributed by atoms with Gasteiger partial charge in [0.2, 0.25) is 5.95 Å². The highest BCUT2D eigenvalue weighted by Gasteiger charge is 2.38. The highest BCUT2D eigenvalue weighted by molar-refractivity contribution is 5.73. The fourth-order valence-electron chi connectivity index (χ4n) is 3.99. The molecule has 0 atom stereocenters. The molecule has 0 saturated carbocycles. The average Bonchev–Trinajstić information content (AvgIpc) is 3.08. The predicted molar refractivity (Wildman–Crippen MR) is 98.6 cm³/mol. The lowest BCUT2D eigenvalue weighted by Crippen LogP contribution is -2.43. The number of nitrogen functional groups attached to an aromatic ring is 1. The van der Waals surface area contributed by atoms with Crippen molar-refractivity contribution in [3.05, 3.63) is 40.7 Å². The van der Waals surface area contributed by atoms with Crippen LogP contribution in [0.3, 0.4) is 0 Å². The number of aromatic nitrogens is 2. The maximum absolute atomic E-state index is 12.9. The lowest BCUT2D eigenvalue weighted by Gasteiger charge is -2.39. The Bertz CT molecular complexity index is 815. The van der Waals surface area contributed by atoms with Gasteiger partial charge in [-0.3, -0.25) is 9.36 Å². The molecule has 2 N–H and O–H groups in total. The Balaban J connectivity index is 1.65. The number of hydrogen-bond donors (Lipinski definition) is 1. The van der Waals surface area contributed by atoms with Crippen LogP contribution in [-0.2, 0) is 11.8 Å². The molecule has 0 aliphatic carbocycles. The van der Waals surface area contributed by atoms with Crippen molar-refractivity contribution in [2.45, 2.75) is 19.3 Å². The van der Waals surface area contributed by atoms with Gasteiger partial charge in [-0.15, -0.1) is 0 Å². The van der Waals surface area contributed by atoms with Crippen molar-refractivity contribution in [1.82, 2.24) is 9.55 Å². The number of anilines is 2. The maximum Gasteiger partial charge on any atom is 0.264 e. The summed E-state index contributed by atoms with van der Waals surface area (Å²) in [4.78, 5) is 19.7. The highest BCUT2D eigenvalue weighted by Crippen LogP contribution is 2.39. The van der Waals surface area contributed by atoms with Gasteiger partial charge in [0.05, 0.1) is 12.2 Å². The van der Waals surface area contributed by atoms with E-state index in [1.807, 2.05) is 30.3 Å². The van der Waals surface area contributed by atoms with Crippen molar-refractivity contribution >= 4 is 11.8 Å². The minimum Gasteiger partial charge on any atom is -0.383 e. The quantitative estimate of drug-likeness (QED) is 0.906. The molecule has 3 heterocycles. The number of piperidine rings is 1. The van der Waals surface area contributed by atoms with Crippen LogP contribution in [0.2, 0.25) is 0 Å². The molecular formula is C19H24N4O2. The fraction of sp³-hybridized carbons (Fsp3) is 0.474. The topological polar surface area (TPSA) is 73.4 Å². The third-order valence-electron chi connectivity index (χ3n) is 5.65. The largest absolute Gasteiger partial charge is 0.383 e. The van der Waals surface area contributed by atoms with Crippen molar-refractivity contribution in [3.8, 4) is 11.1 Å². The van der Waals surface area contributed by atoms with E-state index in [4.69, 9.17) is 10.5 Å². The third kappa shape index (κ3) is 2.80. The molecule has 2 saturated heterocycles. The van der Waals surface area contributed by atoms with Crippen LogP contribution in [0.1, 0.15) is 19.3 Å². The summed E-state index contributed by atoms with van der Waals surface area (Å²) in [5.74, 6) is 0.963. The van der Waals surface area contributed by atoms with Crippen LogP contribution < -0.4 is 16.2 Å². The number of hydrogen-bond acceptors (Lipinski definition) is 5. The van der Waals surface area contributed by atoms with E-state index in [0.717, 1.165) is 51.1 Å². The summed E-state index contributed by atoms with van der Waals surface area (Å²) in [5, 5.41) is 0. The SMILES string of the molecule is Cn1c(N2CCC3(CCOC3)CC2)nc(N)c(-c2ccccc2)c1=O. The monoisotopic (exact) mass is 340 g/mol. The van der Waals surface area contributed by atoms with Crippen molar-refractivity contribution in [1.29, 1.82) is 0 Å². The van der Waals surface area contributed by atoms with Crippen LogP contribution in [0.15, 0.2) is 35.1 Å². The summed E-state index contributed by atoms with van der Waals surface area (Å²) in [7, 11) is 1.78. The van der Waals surface area contributed by atoms with Gasteiger partial charge in [0, 0.05) is 26.7 Å². The van der Waals surface area contributed by atoms with E-state index in [9.17, 15) is 4.79 Å². The zero-order chi connectivity index (χ0) is 17.4. The van der Waals surface area contributed by atoms with Crippen molar-refractivity contribution < 1.29 is 4.74 Å². The summed E-state index contributed by atoms with van der Waals surface area (Å²) in [6.07, 6.45) is 3.29. The first-order valence-corrected chi connectivity index (χ1v) is 8.84. The summed E-state index contributed by atoms with van der Waals surface area (Å²) in [6, 6.07) is 9.49. The minimum absolute atomic E-state index is 0.0989. The smallest absolute Gasteiger partial charge is 0.264 e. The molecule has 0 amide bonds. The summed E-state index contributed by atoms with van der Waals surface area (Å²) in [6.45, 7) is 3.50. The number of ether oxygens (including phenoxy) is 1. The van der Waals surface area contributed by atoms with Crippen LogP contribution in [0.5, 0.6) is 0 Å². The molecule has 2 fully saturated rings. The van der Waals surface area contributed by atoms with Crippen LogP contribution in [0, 0.1) is 5.41 Å². The van der Waals surface area contributed by atoms with Crippen molar-refractivity contribution in [2.75, 3.05) is 36.9 Å². The van der Waals surface area contributed by atoms with E-state index in [0.29, 0.717) is 22.7 Å². The molecular weight excluding hydrogens is 316 g/mol. The number of nitrogens with two attached hydrogens (primary N) is 1. The number of nitrogens with zero attached hydrogens (tertiary/aromatic N) is 3. The Hall–Kier alpha value is -2.34. The van der Waals surface area contributed by atoms with Gasteiger partial charge in [0.15, 0.2) is 0 Å². The van der Waals surface area contributed by atoms with Gasteiger partial charge in [0.1, 0.15) is 5.82 Å². The molecule has 1 aromatic carbocycles. The molecule has 0 radical (unpaired) electrons. The lowest BCUT2D eigenvalue weighted by molar-refractivity contribution is 0.133. The third-order valence-corrected chi connectivity index (χ3v) is 5.65. The summed E-state index contributed by atoms with van der Waals surface area (Å²) in [5.41, 5.74) is 7.68. The summed E-state index contributed by atoms with van der Waals surface area (Å²) < 4.78 is 7.22. The lowest BCUT2D eigenvalue weighted by atomic mass is 9.78. The molecule has 1 spiro atoms. The molecule has 132 valence electrons. The second-order valence-electron chi connectivity index (χ2n) is 7.19. The molecule has 2 aliphatic heterocycles. The van der Waals surface area contributed by atoms with E-state index in [1.54, 1.807) is 11.6 Å². The van der Waals surface area contributed by atoms with Crippen LogP contribution in [0.25, 0.3) is 11.1 Å². The van der Waals surface area contributed by atoms with Gasteiger partial charge in [-0.2, -0.15) is 4.98 Å². The van der Waals surface area contributed by atoms with E-state index in [1.165, 1.54) is 0 Å². The van der Waals surface area contributed by atoms with Gasteiger partial charge < -0.3 is 15.4 Å². The fourth-order valence-corrected chi connectivity index (χ4v) is 3.99. The minimum atomic E-state index is -0.0989. The summed E-state index contributed by atoms with van der Waals surface area (Å²) >= 11 is 0. The van der Waals surface area contributed by atoms with E-state index >= 15 is 0 Å². The zero-order valence-corrected chi connectivity index (χ0v) is 14.6. The molecule has 25 heavy (non-hydrogen) atoms. The van der Waals surface area contributed by atoms with Crippen LogP contribution in [0.4, 0.5) is 11.8 Å². The van der Waals surface area contributed by atoms with Gasteiger partial charge in [-0.25, -0.2) is 0 Å². The van der Waals surface area contributed by atoms with Crippen molar-refractivity contribution in [2.24, 2.45) is 12.5 Å². The predicted octanol–water partition coefficient (Wildman–Crippen LogP) is 2.04. The average molecular weight is 340 g/mol. The maximum atomic E-state index is 12.9. The Morgan fingerprint density at radius 2 is 1.88 bits per heavy atom. The molecule has 2 aromatic rings. The second kappa shape index (κ2) is 6.19.